The predicted octanol–water partition coefficient (Wildman–Crippen LogP) is 5.33. The maximum Gasteiger partial charge on any atom is 0.245 e. The second-order valence-corrected chi connectivity index (χ2v) is 11.6. The van der Waals surface area contributed by atoms with Crippen molar-refractivity contribution in [1.29, 1.82) is 0 Å². The average Bonchev–Trinajstić information content (AvgIpc) is 3.02. The summed E-state index contributed by atoms with van der Waals surface area (Å²) in [6, 6.07) is 6.70. The largest absolute Gasteiger partial charge is 0.490 e. The summed E-state index contributed by atoms with van der Waals surface area (Å²) in [5, 5.41) is 3.61. The fourth-order valence-electron chi connectivity index (χ4n) is 5.91. The molecule has 12 heteroatoms. The first-order chi connectivity index (χ1) is 20.4. The van der Waals surface area contributed by atoms with Crippen LogP contribution in [0.5, 0.6) is 11.5 Å². The molecular formula is C30H32Cl2FN5O4. The number of carbonyl (C=O) groups is 1. The Morgan fingerprint density at radius 1 is 1.17 bits per heavy atom. The van der Waals surface area contributed by atoms with Gasteiger partial charge in [-0.1, -0.05) is 29.8 Å². The Hall–Kier alpha value is -3.18. The number of nitrogens with zero attached hydrogens (tertiary/aromatic N) is 4. The second-order valence-electron chi connectivity index (χ2n) is 10.8. The number of piperidine rings is 2. The summed E-state index contributed by atoms with van der Waals surface area (Å²) in [7, 11) is 0. The van der Waals surface area contributed by atoms with Crippen molar-refractivity contribution in [2.45, 2.75) is 18.9 Å². The van der Waals surface area contributed by atoms with Crippen LogP contribution in [0.2, 0.25) is 10.0 Å². The Bertz CT molecular complexity index is 1480. The average molecular weight is 617 g/mol. The topological polar surface area (TPSA) is 89.0 Å². The van der Waals surface area contributed by atoms with Crippen molar-refractivity contribution < 1.29 is 23.4 Å². The summed E-state index contributed by atoms with van der Waals surface area (Å²) in [6.45, 7) is 9.65. The van der Waals surface area contributed by atoms with Crippen LogP contribution in [0.1, 0.15) is 12.8 Å². The number of fused-ring (bicyclic) bond motifs is 3. The Morgan fingerprint density at radius 3 is 2.71 bits per heavy atom. The molecule has 1 N–H and O–H groups in total. The molecule has 7 rings (SSSR count). The number of benzene rings is 2. The number of morpholine rings is 1. The molecule has 1 saturated carbocycles. The number of hydrogen-bond acceptors (Lipinski definition) is 8. The fourth-order valence-corrected chi connectivity index (χ4v) is 6.22. The van der Waals surface area contributed by atoms with Crippen LogP contribution in [0.25, 0.3) is 10.9 Å². The third-order valence-corrected chi connectivity index (χ3v) is 8.94. The number of rotatable bonds is 10. The molecule has 0 radical (unpaired) electrons. The van der Waals surface area contributed by atoms with Gasteiger partial charge in [-0.3, -0.25) is 9.69 Å². The van der Waals surface area contributed by atoms with Gasteiger partial charge in [0.25, 0.3) is 0 Å². The van der Waals surface area contributed by atoms with Gasteiger partial charge in [0.2, 0.25) is 5.91 Å². The molecule has 2 aromatic carbocycles. The quantitative estimate of drug-likeness (QED) is 0.186. The molecule has 9 nitrogen and oxygen atoms in total. The molecule has 1 aliphatic carbocycles. The minimum Gasteiger partial charge on any atom is -0.490 e. The number of hydrogen-bond donors (Lipinski definition) is 1. The third-order valence-electron chi connectivity index (χ3n) is 8.16. The predicted molar refractivity (Wildman–Crippen MR) is 159 cm³/mol. The van der Waals surface area contributed by atoms with Crippen LogP contribution in [0.3, 0.4) is 0 Å². The molecule has 2 atom stereocenters. The van der Waals surface area contributed by atoms with Crippen LogP contribution < -0.4 is 14.8 Å². The zero-order chi connectivity index (χ0) is 29.2. The lowest BCUT2D eigenvalue weighted by molar-refractivity contribution is -0.142. The summed E-state index contributed by atoms with van der Waals surface area (Å²) in [5.74, 6) is 1.23. The van der Waals surface area contributed by atoms with Gasteiger partial charge in [0.1, 0.15) is 18.2 Å². The molecule has 3 aromatic rings. The number of ether oxygens (including phenoxy) is 3. The minimum absolute atomic E-state index is 0.0550. The van der Waals surface area contributed by atoms with Crippen LogP contribution in [0, 0.1) is 17.7 Å². The number of amides is 1. The van der Waals surface area contributed by atoms with E-state index in [2.05, 4.69) is 26.8 Å². The summed E-state index contributed by atoms with van der Waals surface area (Å²) in [6.07, 6.45) is 4.56. The van der Waals surface area contributed by atoms with E-state index in [0.717, 1.165) is 45.7 Å². The van der Waals surface area contributed by atoms with Crippen molar-refractivity contribution in [3.05, 3.63) is 59.1 Å². The first-order valence-electron chi connectivity index (χ1n) is 14.1. The Kier molecular flexibility index (Phi) is 8.67. The van der Waals surface area contributed by atoms with Gasteiger partial charge < -0.3 is 24.4 Å². The fraction of sp³-hybridized carbons (Fsp3) is 0.433. The Morgan fingerprint density at radius 2 is 1.95 bits per heavy atom. The number of anilines is 2. The molecule has 2 unspecified atom stereocenters. The molecule has 3 aliphatic heterocycles. The summed E-state index contributed by atoms with van der Waals surface area (Å²) in [4.78, 5) is 25.2. The summed E-state index contributed by atoms with van der Waals surface area (Å²) in [5.41, 5.74) is 0.746. The lowest BCUT2D eigenvalue weighted by Gasteiger charge is -2.52. The standard InChI is InChI=1S/C30H32Cl2FN5O4/c1-2-26(39)38-15-18-12-19(16-38)29(18)42-25-13-20-23(14-24(25)41-9-3-6-37-7-10-40-11-8-37)34-17-35-30(20)36-22-5-4-21(31)27(32)28(22)33/h2,4-5,13-14,17-19,29H,1,3,6-12,15-16H2,(H,34,35,36). The van der Waals surface area contributed by atoms with Crippen molar-refractivity contribution in [2.75, 3.05) is 57.9 Å². The van der Waals surface area contributed by atoms with Gasteiger partial charge in [-0.25, -0.2) is 14.4 Å². The molecule has 0 spiro atoms. The molecule has 1 aromatic heterocycles. The number of halogens is 3. The summed E-state index contributed by atoms with van der Waals surface area (Å²) < 4.78 is 33.2. The SMILES string of the molecule is C=CC(=O)N1CC2CC(C1)C2Oc1cc2c(Nc3ccc(Cl)c(Cl)c3F)ncnc2cc1OCCCN1CCOCC1. The molecular weight excluding hydrogens is 584 g/mol. The van der Waals surface area contributed by atoms with E-state index in [1.807, 2.05) is 17.0 Å². The van der Waals surface area contributed by atoms with Gasteiger partial charge in [0.15, 0.2) is 17.3 Å². The van der Waals surface area contributed by atoms with Crippen molar-refractivity contribution >= 4 is 51.5 Å². The van der Waals surface area contributed by atoms with Crippen LogP contribution in [0.4, 0.5) is 15.9 Å². The first kappa shape index (κ1) is 28.9. The highest BCUT2D eigenvalue weighted by Crippen LogP contribution is 2.45. The molecule has 1 amide bonds. The highest BCUT2D eigenvalue weighted by molar-refractivity contribution is 6.42. The van der Waals surface area contributed by atoms with Gasteiger partial charge in [0.05, 0.1) is 41.1 Å². The van der Waals surface area contributed by atoms with Gasteiger partial charge in [-0.05, 0) is 37.1 Å². The second kappa shape index (κ2) is 12.6. The van der Waals surface area contributed by atoms with Crippen molar-refractivity contribution in [2.24, 2.45) is 11.8 Å². The Labute approximate surface area is 253 Å². The smallest absolute Gasteiger partial charge is 0.245 e. The zero-order valence-electron chi connectivity index (χ0n) is 23.0. The van der Waals surface area contributed by atoms with Crippen molar-refractivity contribution in [3.8, 4) is 11.5 Å². The molecule has 2 bridgehead atoms. The monoisotopic (exact) mass is 615 g/mol. The Balaban J connectivity index is 1.26. The third kappa shape index (κ3) is 5.99. The van der Waals surface area contributed by atoms with E-state index < -0.39 is 5.82 Å². The van der Waals surface area contributed by atoms with Crippen LogP contribution in [-0.2, 0) is 9.53 Å². The molecule has 3 saturated heterocycles. The highest BCUT2D eigenvalue weighted by Gasteiger charge is 2.49. The van der Waals surface area contributed by atoms with Gasteiger partial charge in [-0.15, -0.1) is 0 Å². The maximum atomic E-state index is 14.9. The van der Waals surface area contributed by atoms with E-state index in [-0.39, 0.29) is 39.6 Å². The molecule has 222 valence electrons. The van der Waals surface area contributed by atoms with Gasteiger partial charge in [-0.2, -0.15) is 0 Å². The molecule has 4 heterocycles. The van der Waals surface area contributed by atoms with Crippen molar-refractivity contribution in [3.63, 3.8) is 0 Å². The van der Waals surface area contributed by atoms with E-state index in [9.17, 15) is 9.18 Å². The molecule has 4 fully saturated rings. The zero-order valence-corrected chi connectivity index (χ0v) is 24.5. The van der Waals surface area contributed by atoms with E-state index >= 15 is 0 Å². The van der Waals surface area contributed by atoms with E-state index in [1.165, 1.54) is 24.5 Å². The van der Waals surface area contributed by atoms with Crippen molar-refractivity contribution in [1.82, 2.24) is 19.8 Å². The van der Waals surface area contributed by atoms with Gasteiger partial charge in [0, 0.05) is 56.0 Å². The lowest BCUT2D eigenvalue weighted by atomic mass is 9.68. The minimum atomic E-state index is -0.673. The number of aromatic nitrogens is 2. The summed E-state index contributed by atoms with van der Waals surface area (Å²) >= 11 is 12.0. The van der Waals surface area contributed by atoms with E-state index in [0.29, 0.717) is 47.9 Å². The van der Waals surface area contributed by atoms with Gasteiger partial charge >= 0.3 is 0 Å². The van der Waals surface area contributed by atoms with Crippen LogP contribution >= 0.6 is 23.2 Å². The first-order valence-corrected chi connectivity index (χ1v) is 14.9. The van der Waals surface area contributed by atoms with E-state index in [1.54, 1.807) is 0 Å². The lowest BCUT2D eigenvalue weighted by Crippen LogP contribution is -2.61. The maximum absolute atomic E-state index is 14.9. The highest BCUT2D eigenvalue weighted by atomic mass is 35.5. The number of nitrogens with one attached hydrogen (secondary N) is 1. The normalized spacial score (nSPS) is 22.0. The molecule has 42 heavy (non-hydrogen) atoms. The van der Waals surface area contributed by atoms with E-state index in [4.69, 9.17) is 37.4 Å². The van der Waals surface area contributed by atoms with Crippen LogP contribution in [0.15, 0.2) is 43.2 Å². The molecule has 4 aliphatic rings. The van der Waals surface area contributed by atoms with Crippen LogP contribution in [-0.4, -0.2) is 84.3 Å². The number of carbonyl (C=O) groups excluding carboxylic acids is 1.